The highest BCUT2D eigenvalue weighted by molar-refractivity contribution is 6.30. The van der Waals surface area contributed by atoms with Crippen molar-refractivity contribution in [1.29, 1.82) is 0 Å². The molecule has 2 aromatic rings. The van der Waals surface area contributed by atoms with Gasteiger partial charge in [0.15, 0.2) is 11.0 Å². The van der Waals surface area contributed by atoms with Crippen LogP contribution in [0.2, 0.25) is 5.15 Å². The lowest BCUT2D eigenvalue weighted by atomic mass is 9.78. The molecule has 0 atom stereocenters. The standard InChI is InChI=1S/C18H21ClN6O2/c1-12-9-14(22-24-16(12)19)20-10-13-4-6-18(7-5-13)11-25(17(26)27-18)15-3-2-8-21-23-15/h2-3,8-9,13H,4-7,10-11H2,1H3,(H,20,22)/t13-,18-. The number of rotatable bonds is 4. The molecule has 3 heterocycles. The Labute approximate surface area is 162 Å². The van der Waals surface area contributed by atoms with Crippen LogP contribution in [-0.2, 0) is 4.74 Å². The normalized spacial score (nSPS) is 24.9. The minimum atomic E-state index is -0.415. The number of halogens is 1. The number of carbonyl (C=O) groups excluding carboxylic acids is 1. The van der Waals surface area contributed by atoms with Gasteiger partial charge in [0, 0.05) is 12.7 Å². The molecule has 1 amide bonds. The lowest BCUT2D eigenvalue weighted by Gasteiger charge is -2.35. The third kappa shape index (κ3) is 3.80. The fraction of sp³-hybridized carbons (Fsp3) is 0.500. The zero-order chi connectivity index (χ0) is 18.9. The highest BCUT2D eigenvalue weighted by Gasteiger charge is 2.48. The molecule has 1 aliphatic carbocycles. The maximum absolute atomic E-state index is 12.3. The van der Waals surface area contributed by atoms with Crippen molar-refractivity contribution < 1.29 is 9.53 Å². The average Bonchev–Trinajstić information content (AvgIpc) is 3.01. The van der Waals surface area contributed by atoms with E-state index in [0.29, 0.717) is 23.4 Å². The van der Waals surface area contributed by atoms with E-state index >= 15 is 0 Å². The summed E-state index contributed by atoms with van der Waals surface area (Å²) in [4.78, 5) is 13.9. The quantitative estimate of drug-likeness (QED) is 0.859. The van der Waals surface area contributed by atoms with Gasteiger partial charge in [0.2, 0.25) is 0 Å². The first-order valence-corrected chi connectivity index (χ1v) is 9.44. The van der Waals surface area contributed by atoms with Gasteiger partial charge >= 0.3 is 6.09 Å². The molecule has 0 radical (unpaired) electrons. The number of ether oxygens (including phenoxy) is 1. The van der Waals surface area contributed by atoms with Gasteiger partial charge in [-0.15, -0.1) is 15.3 Å². The molecule has 0 bridgehead atoms. The van der Waals surface area contributed by atoms with E-state index in [1.807, 2.05) is 13.0 Å². The van der Waals surface area contributed by atoms with Crippen LogP contribution in [0, 0.1) is 12.8 Å². The Kier molecular flexibility index (Phi) is 4.82. The Morgan fingerprint density at radius 1 is 1.33 bits per heavy atom. The van der Waals surface area contributed by atoms with Crippen molar-refractivity contribution in [2.75, 3.05) is 23.3 Å². The summed E-state index contributed by atoms with van der Waals surface area (Å²) in [5, 5.41) is 19.6. The predicted octanol–water partition coefficient (Wildman–Crippen LogP) is 3.23. The van der Waals surface area contributed by atoms with Gasteiger partial charge < -0.3 is 10.1 Å². The van der Waals surface area contributed by atoms with E-state index in [1.54, 1.807) is 23.2 Å². The van der Waals surface area contributed by atoms with E-state index in [2.05, 4.69) is 25.7 Å². The van der Waals surface area contributed by atoms with Crippen LogP contribution in [0.4, 0.5) is 16.4 Å². The maximum Gasteiger partial charge on any atom is 0.416 e. The highest BCUT2D eigenvalue weighted by atomic mass is 35.5. The van der Waals surface area contributed by atoms with Gasteiger partial charge in [-0.3, -0.25) is 4.90 Å². The smallest absolute Gasteiger partial charge is 0.416 e. The van der Waals surface area contributed by atoms with E-state index in [0.717, 1.165) is 43.6 Å². The predicted molar refractivity (Wildman–Crippen MR) is 101 cm³/mol. The van der Waals surface area contributed by atoms with Gasteiger partial charge in [-0.25, -0.2) is 4.79 Å². The summed E-state index contributed by atoms with van der Waals surface area (Å²) in [6.45, 7) is 3.25. The monoisotopic (exact) mass is 388 g/mol. The second-order valence-corrected chi connectivity index (χ2v) is 7.60. The summed E-state index contributed by atoms with van der Waals surface area (Å²) in [7, 11) is 0. The van der Waals surface area contributed by atoms with Crippen molar-refractivity contribution in [3.63, 3.8) is 0 Å². The molecule has 1 aliphatic heterocycles. The highest BCUT2D eigenvalue weighted by Crippen LogP contribution is 2.40. The van der Waals surface area contributed by atoms with Crippen molar-refractivity contribution in [3.8, 4) is 0 Å². The molecule has 27 heavy (non-hydrogen) atoms. The molecule has 4 rings (SSSR count). The molecular weight excluding hydrogens is 368 g/mol. The van der Waals surface area contributed by atoms with E-state index in [4.69, 9.17) is 16.3 Å². The third-order valence-electron chi connectivity index (χ3n) is 5.32. The topological polar surface area (TPSA) is 93.1 Å². The molecule has 1 spiro atoms. The van der Waals surface area contributed by atoms with Crippen LogP contribution in [0.15, 0.2) is 24.4 Å². The zero-order valence-corrected chi connectivity index (χ0v) is 15.8. The number of nitrogens with one attached hydrogen (secondary N) is 1. The van der Waals surface area contributed by atoms with Crippen molar-refractivity contribution in [1.82, 2.24) is 20.4 Å². The molecule has 2 aliphatic rings. The first-order chi connectivity index (χ1) is 13.0. The van der Waals surface area contributed by atoms with Gasteiger partial charge in [-0.05, 0) is 62.3 Å². The first-order valence-electron chi connectivity index (χ1n) is 9.07. The number of hydrogen-bond donors (Lipinski definition) is 1. The van der Waals surface area contributed by atoms with Crippen molar-refractivity contribution in [3.05, 3.63) is 35.1 Å². The number of amides is 1. The second-order valence-electron chi connectivity index (χ2n) is 7.25. The van der Waals surface area contributed by atoms with Crippen molar-refractivity contribution >= 4 is 29.3 Å². The molecule has 0 unspecified atom stereocenters. The molecule has 142 valence electrons. The largest absolute Gasteiger partial charge is 0.441 e. The number of carbonyl (C=O) groups is 1. The van der Waals surface area contributed by atoms with E-state index in [1.165, 1.54) is 0 Å². The van der Waals surface area contributed by atoms with Crippen molar-refractivity contribution in [2.45, 2.75) is 38.2 Å². The first kappa shape index (κ1) is 17.9. The van der Waals surface area contributed by atoms with E-state index in [-0.39, 0.29) is 6.09 Å². The Hall–Kier alpha value is -2.48. The minimum Gasteiger partial charge on any atom is -0.441 e. The molecule has 2 aromatic heterocycles. The third-order valence-corrected chi connectivity index (χ3v) is 5.69. The summed E-state index contributed by atoms with van der Waals surface area (Å²) < 4.78 is 5.76. The average molecular weight is 389 g/mol. The minimum absolute atomic E-state index is 0.334. The van der Waals surface area contributed by atoms with Gasteiger partial charge in [0.1, 0.15) is 11.4 Å². The summed E-state index contributed by atoms with van der Waals surface area (Å²) in [6, 6.07) is 5.44. The van der Waals surface area contributed by atoms with Crippen LogP contribution >= 0.6 is 11.6 Å². The molecule has 1 saturated carbocycles. The number of aryl methyl sites for hydroxylation is 1. The summed E-state index contributed by atoms with van der Waals surface area (Å²) in [6.07, 6.45) is 4.90. The molecule has 2 fully saturated rings. The molecule has 1 saturated heterocycles. The molecule has 8 nitrogen and oxygen atoms in total. The fourth-order valence-electron chi connectivity index (χ4n) is 3.71. The number of anilines is 2. The second kappa shape index (κ2) is 7.26. The van der Waals surface area contributed by atoms with Gasteiger partial charge in [-0.1, -0.05) is 11.6 Å². The zero-order valence-electron chi connectivity index (χ0n) is 15.1. The van der Waals surface area contributed by atoms with Crippen LogP contribution in [0.5, 0.6) is 0 Å². The molecular formula is C18H21ClN6O2. The van der Waals surface area contributed by atoms with Crippen LogP contribution in [0.25, 0.3) is 0 Å². The van der Waals surface area contributed by atoms with Crippen molar-refractivity contribution in [2.24, 2.45) is 5.92 Å². The number of nitrogens with zero attached hydrogens (tertiary/aromatic N) is 5. The number of aromatic nitrogens is 4. The Morgan fingerprint density at radius 2 is 2.15 bits per heavy atom. The molecule has 9 heteroatoms. The maximum atomic E-state index is 12.3. The van der Waals surface area contributed by atoms with Gasteiger partial charge in [0.05, 0.1) is 6.54 Å². The summed E-state index contributed by atoms with van der Waals surface area (Å²) in [5.41, 5.74) is 0.487. The van der Waals surface area contributed by atoms with Gasteiger partial charge in [-0.2, -0.15) is 5.10 Å². The summed E-state index contributed by atoms with van der Waals surface area (Å²) >= 11 is 5.91. The SMILES string of the molecule is Cc1cc(NC[C@H]2CC[C@]3(CC2)CN(c2cccnn2)C(=O)O3)nnc1Cl. The Morgan fingerprint density at radius 3 is 2.85 bits per heavy atom. The Bertz CT molecular complexity index is 826. The lowest BCUT2D eigenvalue weighted by molar-refractivity contribution is 0.0148. The van der Waals surface area contributed by atoms with Crippen LogP contribution in [0.1, 0.15) is 31.2 Å². The van der Waals surface area contributed by atoms with Crippen LogP contribution in [-0.4, -0.2) is 45.2 Å². The lowest BCUT2D eigenvalue weighted by Crippen LogP contribution is -2.39. The molecule has 0 aromatic carbocycles. The number of hydrogen-bond acceptors (Lipinski definition) is 7. The Balaban J connectivity index is 1.32. The summed E-state index contributed by atoms with van der Waals surface area (Å²) in [5.74, 6) is 1.77. The van der Waals surface area contributed by atoms with Crippen LogP contribution < -0.4 is 10.2 Å². The molecule has 1 N–H and O–H groups in total. The van der Waals surface area contributed by atoms with Crippen LogP contribution in [0.3, 0.4) is 0 Å². The van der Waals surface area contributed by atoms with Gasteiger partial charge in [0.25, 0.3) is 0 Å². The fourth-order valence-corrected chi connectivity index (χ4v) is 3.80. The van der Waals surface area contributed by atoms with E-state index in [9.17, 15) is 4.79 Å². The van der Waals surface area contributed by atoms with E-state index < -0.39 is 5.60 Å².